The third-order valence-corrected chi connectivity index (χ3v) is 4.44. The number of hydrogen-bond donors (Lipinski definition) is 2. The van der Waals surface area contributed by atoms with Crippen molar-refractivity contribution in [2.75, 3.05) is 5.32 Å². The number of carbonyl (C=O) groups is 2. The van der Waals surface area contributed by atoms with Crippen LogP contribution in [0.2, 0.25) is 0 Å². The van der Waals surface area contributed by atoms with Crippen LogP contribution in [0.4, 0.5) is 5.69 Å². The van der Waals surface area contributed by atoms with E-state index in [1.54, 1.807) is 6.33 Å². The van der Waals surface area contributed by atoms with E-state index in [1.807, 2.05) is 30.5 Å². The van der Waals surface area contributed by atoms with E-state index < -0.39 is 5.92 Å². The minimum absolute atomic E-state index is 0.118. The van der Waals surface area contributed by atoms with Crippen molar-refractivity contribution < 1.29 is 9.59 Å². The first-order chi connectivity index (χ1) is 12.0. The van der Waals surface area contributed by atoms with Crippen LogP contribution in [0.15, 0.2) is 18.5 Å². The number of nitrogens with one attached hydrogen (secondary N) is 2. The van der Waals surface area contributed by atoms with Crippen LogP contribution in [0.5, 0.6) is 0 Å². The number of nitrogens with zero attached hydrogens (tertiary/aromatic N) is 3. The van der Waals surface area contributed by atoms with Crippen LogP contribution in [0.25, 0.3) is 0 Å². The Morgan fingerprint density at radius 3 is 2.92 bits per heavy atom. The summed E-state index contributed by atoms with van der Waals surface area (Å²) in [5.74, 6) is -0.00789. The number of aromatic nitrogens is 3. The first-order valence-corrected chi connectivity index (χ1v) is 8.55. The van der Waals surface area contributed by atoms with E-state index in [0.717, 1.165) is 41.2 Å². The van der Waals surface area contributed by atoms with Crippen LogP contribution < -0.4 is 10.6 Å². The summed E-state index contributed by atoms with van der Waals surface area (Å²) in [4.78, 5) is 24.6. The zero-order chi connectivity index (χ0) is 18.0. The van der Waals surface area contributed by atoms with E-state index >= 15 is 0 Å². The van der Waals surface area contributed by atoms with Crippen molar-refractivity contribution in [3.8, 4) is 0 Å². The lowest BCUT2D eigenvalue weighted by Crippen LogP contribution is -2.28. The average molecular weight is 341 g/mol. The molecule has 1 atom stereocenters. The molecule has 0 bridgehead atoms. The van der Waals surface area contributed by atoms with Crippen molar-refractivity contribution in [1.82, 2.24) is 20.1 Å². The molecule has 0 spiro atoms. The highest BCUT2D eigenvalue weighted by molar-refractivity contribution is 6.05. The molecule has 7 nitrogen and oxygen atoms in total. The molecule has 0 fully saturated rings. The summed E-state index contributed by atoms with van der Waals surface area (Å²) in [5.41, 5.74) is 3.87. The number of aryl methyl sites for hydroxylation is 3. The van der Waals surface area contributed by atoms with Crippen molar-refractivity contribution in [2.45, 2.75) is 52.6 Å². The number of fused-ring (bicyclic) bond motifs is 1. The van der Waals surface area contributed by atoms with Gasteiger partial charge in [-0.25, -0.2) is 0 Å². The highest BCUT2D eigenvalue weighted by Gasteiger charge is 2.33. The average Bonchev–Trinajstić information content (AvgIpc) is 3.12. The molecule has 0 aliphatic carbocycles. The van der Waals surface area contributed by atoms with Gasteiger partial charge in [0.2, 0.25) is 11.8 Å². The second-order valence-corrected chi connectivity index (χ2v) is 6.51. The van der Waals surface area contributed by atoms with Gasteiger partial charge >= 0.3 is 0 Å². The molecule has 2 aromatic rings. The van der Waals surface area contributed by atoms with Crippen molar-refractivity contribution in [2.24, 2.45) is 0 Å². The summed E-state index contributed by atoms with van der Waals surface area (Å²) in [6.07, 6.45) is 2.76. The molecular formula is C18H23N5O2. The van der Waals surface area contributed by atoms with Gasteiger partial charge in [-0.1, -0.05) is 24.6 Å². The molecule has 1 aromatic carbocycles. The Kier molecular flexibility index (Phi) is 4.83. The first-order valence-electron chi connectivity index (χ1n) is 8.55. The maximum absolute atomic E-state index is 12.3. The second-order valence-electron chi connectivity index (χ2n) is 6.51. The quantitative estimate of drug-likeness (QED) is 0.841. The first kappa shape index (κ1) is 17.1. The Bertz CT molecular complexity index is 812. The zero-order valence-electron chi connectivity index (χ0n) is 14.8. The molecule has 2 heterocycles. The van der Waals surface area contributed by atoms with Gasteiger partial charge in [0.05, 0.1) is 12.5 Å². The summed E-state index contributed by atoms with van der Waals surface area (Å²) in [7, 11) is 0. The Morgan fingerprint density at radius 1 is 1.36 bits per heavy atom. The normalized spacial score (nSPS) is 15.8. The fourth-order valence-corrected chi connectivity index (χ4v) is 3.28. The molecule has 0 unspecified atom stereocenters. The lowest BCUT2D eigenvalue weighted by atomic mass is 9.94. The SMILES string of the molecule is CCCn1cnnc1CNC(=O)C[C@@H]1C(=O)Nc2c(C)cc(C)cc21. The summed E-state index contributed by atoms with van der Waals surface area (Å²) >= 11 is 0. The smallest absolute Gasteiger partial charge is 0.232 e. The van der Waals surface area contributed by atoms with Crippen LogP contribution in [0.1, 0.15) is 48.2 Å². The Hall–Kier alpha value is -2.70. The summed E-state index contributed by atoms with van der Waals surface area (Å²) < 4.78 is 1.92. The zero-order valence-corrected chi connectivity index (χ0v) is 14.8. The van der Waals surface area contributed by atoms with E-state index in [0.29, 0.717) is 6.54 Å². The molecule has 3 rings (SSSR count). The molecule has 2 amide bonds. The van der Waals surface area contributed by atoms with Crippen molar-refractivity contribution in [3.63, 3.8) is 0 Å². The van der Waals surface area contributed by atoms with Crippen LogP contribution in [-0.4, -0.2) is 26.6 Å². The molecule has 25 heavy (non-hydrogen) atoms. The largest absolute Gasteiger partial charge is 0.349 e. The topological polar surface area (TPSA) is 88.9 Å². The van der Waals surface area contributed by atoms with Gasteiger partial charge in [-0.05, 0) is 31.4 Å². The lowest BCUT2D eigenvalue weighted by Gasteiger charge is -2.11. The predicted octanol–water partition coefficient (Wildman–Crippen LogP) is 2.05. The molecule has 2 N–H and O–H groups in total. The number of benzene rings is 1. The third-order valence-electron chi connectivity index (χ3n) is 4.44. The van der Waals surface area contributed by atoms with E-state index in [1.165, 1.54) is 0 Å². The van der Waals surface area contributed by atoms with Gasteiger partial charge in [0.1, 0.15) is 6.33 Å². The molecule has 1 aliphatic heterocycles. The predicted molar refractivity (Wildman–Crippen MR) is 94.1 cm³/mol. The second kappa shape index (κ2) is 7.04. The minimum atomic E-state index is -0.442. The van der Waals surface area contributed by atoms with E-state index in [-0.39, 0.29) is 18.2 Å². The molecule has 0 radical (unpaired) electrons. The molecule has 7 heteroatoms. The maximum Gasteiger partial charge on any atom is 0.232 e. The van der Waals surface area contributed by atoms with Crippen LogP contribution in [0, 0.1) is 13.8 Å². The van der Waals surface area contributed by atoms with E-state index in [9.17, 15) is 9.59 Å². The summed E-state index contributed by atoms with van der Waals surface area (Å²) in [6.45, 7) is 7.16. The van der Waals surface area contributed by atoms with Crippen LogP contribution >= 0.6 is 0 Å². The number of rotatable bonds is 6. The minimum Gasteiger partial charge on any atom is -0.349 e. The number of carbonyl (C=O) groups excluding carboxylic acids is 2. The molecule has 0 saturated heterocycles. The number of anilines is 1. The molecule has 1 aromatic heterocycles. The summed E-state index contributed by atoms with van der Waals surface area (Å²) in [6, 6.07) is 4.01. The van der Waals surface area contributed by atoms with Gasteiger partial charge in [0.25, 0.3) is 0 Å². The molecule has 1 aliphatic rings. The standard InChI is InChI=1S/C18H23N5O2/c1-4-5-23-10-20-22-15(23)9-19-16(24)8-14-13-7-11(2)6-12(3)17(13)21-18(14)25/h6-7,10,14H,4-5,8-9H2,1-3H3,(H,19,24)(H,21,25)/t14-/m0/s1. The fourth-order valence-electron chi connectivity index (χ4n) is 3.28. The fraction of sp³-hybridized carbons (Fsp3) is 0.444. The molecule has 132 valence electrons. The maximum atomic E-state index is 12.3. The van der Waals surface area contributed by atoms with Crippen molar-refractivity contribution >= 4 is 17.5 Å². The third kappa shape index (κ3) is 3.55. The number of amides is 2. The van der Waals surface area contributed by atoms with Gasteiger partial charge < -0.3 is 15.2 Å². The van der Waals surface area contributed by atoms with Gasteiger partial charge in [-0.15, -0.1) is 10.2 Å². The lowest BCUT2D eigenvalue weighted by molar-refractivity contribution is -0.125. The van der Waals surface area contributed by atoms with Crippen LogP contribution in [-0.2, 0) is 22.7 Å². The van der Waals surface area contributed by atoms with Gasteiger partial charge in [-0.2, -0.15) is 0 Å². The van der Waals surface area contributed by atoms with Gasteiger partial charge in [-0.3, -0.25) is 9.59 Å². The van der Waals surface area contributed by atoms with Gasteiger partial charge in [0.15, 0.2) is 5.82 Å². The Morgan fingerprint density at radius 2 is 2.16 bits per heavy atom. The van der Waals surface area contributed by atoms with Crippen LogP contribution in [0.3, 0.4) is 0 Å². The van der Waals surface area contributed by atoms with E-state index in [4.69, 9.17) is 0 Å². The number of hydrogen-bond acceptors (Lipinski definition) is 4. The van der Waals surface area contributed by atoms with Crippen molar-refractivity contribution in [1.29, 1.82) is 0 Å². The Balaban J connectivity index is 1.66. The monoisotopic (exact) mass is 341 g/mol. The summed E-state index contributed by atoms with van der Waals surface area (Å²) in [5, 5.41) is 13.7. The highest BCUT2D eigenvalue weighted by Crippen LogP contribution is 2.37. The molecule has 0 saturated carbocycles. The van der Waals surface area contributed by atoms with Gasteiger partial charge in [0, 0.05) is 18.7 Å². The van der Waals surface area contributed by atoms with E-state index in [2.05, 4.69) is 27.8 Å². The Labute approximate surface area is 146 Å². The molecular weight excluding hydrogens is 318 g/mol. The highest BCUT2D eigenvalue weighted by atomic mass is 16.2. The van der Waals surface area contributed by atoms with Crippen molar-refractivity contribution in [3.05, 3.63) is 41.0 Å².